The van der Waals surface area contributed by atoms with E-state index in [1.165, 1.54) is 25.7 Å². The molecule has 2 fully saturated rings. The summed E-state index contributed by atoms with van der Waals surface area (Å²) in [6.07, 6.45) is 5.56. The summed E-state index contributed by atoms with van der Waals surface area (Å²) in [5.74, 6) is 1.00. The monoisotopic (exact) mass is 289 g/mol. The molecule has 1 N–H and O–H groups in total. The van der Waals surface area contributed by atoms with Crippen molar-refractivity contribution in [2.45, 2.75) is 52.2 Å². The van der Waals surface area contributed by atoms with E-state index in [2.05, 4.69) is 22.8 Å². The van der Waals surface area contributed by atoms with E-state index in [0.717, 1.165) is 54.9 Å². The quantitative estimate of drug-likeness (QED) is 0.926. The molecule has 21 heavy (non-hydrogen) atoms. The first kappa shape index (κ1) is 14.8. The zero-order valence-corrected chi connectivity index (χ0v) is 13.3. The lowest BCUT2D eigenvalue weighted by Crippen LogP contribution is -2.50. The van der Waals surface area contributed by atoms with Crippen molar-refractivity contribution in [2.24, 2.45) is 0 Å². The van der Waals surface area contributed by atoms with Crippen LogP contribution in [0.4, 0.5) is 5.82 Å². The lowest BCUT2D eigenvalue weighted by atomic mass is 10.1. The van der Waals surface area contributed by atoms with Crippen molar-refractivity contribution in [3.63, 3.8) is 0 Å². The molecule has 0 radical (unpaired) electrons. The fourth-order valence-corrected chi connectivity index (χ4v) is 3.87. The largest absolute Gasteiger partial charge is 0.392 e. The minimum atomic E-state index is 0.0806. The third-order valence-electron chi connectivity index (χ3n) is 5.07. The maximum atomic E-state index is 9.67. The highest BCUT2D eigenvalue weighted by molar-refractivity contribution is 5.51. The molecular formula is C17H27N3O. The molecule has 116 valence electrons. The van der Waals surface area contributed by atoms with Gasteiger partial charge in [-0.3, -0.25) is 4.90 Å². The van der Waals surface area contributed by atoms with Crippen LogP contribution in [-0.4, -0.2) is 47.2 Å². The highest BCUT2D eigenvalue weighted by atomic mass is 16.3. The smallest absolute Gasteiger partial charge is 0.134 e. The van der Waals surface area contributed by atoms with Gasteiger partial charge in [-0.05, 0) is 38.3 Å². The van der Waals surface area contributed by atoms with Crippen molar-refractivity contribution in [2.75, 3.05) is 31.1 Å². The van der Waals surface area contributed by atoms with E-state index in [9.17, 15) is 5.11 Å². The molecule has 4 nitrogen and oxygen atoms in total. The Balaban J connectivity index is 1.71. The van der Waals surface area contributed by atoms with Gasteiger partial charge in [0.1, 0.15) is 5.82 Å². The summed E-state index contributed by atoms with van der Waals surface area (Å²) < 4.78 is 0. The molecule has 1 saturated heterocycles. The van der Waals surface area contributed by atoms with Crippen LogP contribution in [0, 0.1) is 13.8 Å². The first-order valence-corrected chi connectivity index (χ1v) is 8.26. The maximum Gasteiger partial charge on any atom is 0.134 e. The highest BCUT2D eigenvalue weighted by Gasteiger charge is 2.27. The van der Waals surface area contributed by atoms with Crippen LogP contribution in [-0.2, 0) is 6.61 Å². The average Bonchev–Trinajstić information content (AvgIpc) is 3.01. The number of hydrogen-bond donors (Lipinski definition) is 1. The molecule has 0 aromatic carbocycles. The van der Waals surface area contributed by atoms with Crippen LogP contribution in [0.3, 0.4) is 0 Å². The summed E-state index contributed by atoms with van der Waals surface area (Å²) in [5.41, 5.74) is 3.19. The van der Waals surface area contributed by atoms with Crippen molar-refractivity contribution >= 4 is 5.82 Å². The molecule has 2 heterocycles. The molecule has 0 spiro atoms. The summed E-state index contributed by atoms with van der Waals surface area (Å²) in [4.78, 5) is 9.71. The van der Waals surface area contributed by atoms with Gasteiger partial charge in [0.2, 0.25) is 0 Å². The van der Waals surface area contributed by atoms with Crippen molar-refractivity contribution in [1.29, 1.82) is 0 Å². The van der Waals surface area contributed by atoms with E-state index in [1.807, 2.05) is 6.92 Å². The zero-order valence-electron chi connectivity index (χ0n) is 13.3. The summed E-state index contributed by atoms with van der Waals surface area (Å²) in [7, 11) is 0. The van der Waals surface area contributed by atoms with Gasteiger partial charge in [-0.25, -0.2) is 4.98 Å². The summed E-state index contributed by atoms with van der Waals surface area (Å²) in [5, 5.41) is 9.67. The van der Waals surface area contributed by atoms with E-state index < -0.39 is 0 Å². The second-order valence-corrected chi connectivity index (χ2v) is 6.50. The second kappa shape index (κ2) is 6.32. The van der Waals surface area contributed by atoms with Crippen LogP contribution in [0.1, 0.15) is 42.5 Å². The third-order valence-corrected chi connectivity index (χ3v) is 5.07. The van der Waals surface area contributed by atoms with Crippen LogP contribution in [0.2, 0.25) is 0 Å². The Hall–Kier alpha value is -1.13. The minimum Gasteiger partial charge on any atom is -0.392 e. The van der Waals surface area contributed by atoms with Gasteiger partial charge in [-0.1, -0.05) is 12.8 Å². The summed E-state index contributed by atoms with van der Waals surface area (Å²) >= 11 is 0. The Morgan fingerprint density at radius 1 is 1.14 bits per heavy atom. The van der Waals surface area contributed by atoms with Crippen LogP contribution in [0.5, 0.6) is 0 Å². The van der Waals surface area contributed by atoms with Gasteiger partial charge in [0.25, 0.3) is 0 Å². The van der Waals surface area contributed by atoms with E-state index >= 15 is 0 Å². The highest BCUT2D eigenvalue weighted by Crippen LogP contribution is 2.27. The molecular weight excluding hydrogens is 262 g/mol. The van der Waals surface area contributed by atoms with E-state index in [0.29, 0.717) is 0 Å². The number of aromatic nitrogens is 1. The van der Waals surface area contributed by atoms with Gasteiger partial charge < -0.3 is 10.0 Å². The molecule has 0 bridgehead atoms. The molecule has 1 aliphatic carbocycles. The van der Waals surface area contributed by atoms with Crippen LogP contribution >= 0.6 is 0 Å². The van der Waals surface area contributed by atoms with Gasteiger partial charge in [0, 0.05) is 43.5 Å². The Labute approximate surface area is 127 Å². The van der Waals surface area contributed by atoms with Crippen LogP contribution in [0.25, 0.3) is 0 Å². The molecule has 1 aromatic rings. The third kappa shape index (κ3) is 3.06. The Morgan fingerprint density at radius 2 is 1.81 bits per heavy atom. The Kier molecular flexibility index (Phi) is 4.45. The molecule has 1 aromatic heterocycles. The van der Waals surface area contributed by atoms with E-state index in [1.54, 1.807) is 0 Å². The fraction of sp³-hybridized carbons (Fsp3) is 0.706. The normalized spacial score (nSPS) is 21.2. The Morgan fingerprint density at radius 3 is 2.43 bits per heavy atom. The topological polar surface area (TPSA) is 39.6 Å². The molecule has 1 saturated carbocycles. The van der Waals surface area contributed by atoms with Gasteiger partial charge in [0.15, 0.2) is 0 Å². The van der Waals surface area contributed by atoms with E-state index in [4.69, 9.17) is 4.98 Å². The molecule has 0 atom stereocenters. The lowest BCUT2D eigenvalue weighted by molar-refractivity contribution is 0.187. The minimum absolute atomic E-state index is 0.0806. The number of aryl methyl sites for hydroxylation is 2. The second-order valence-electron chi connectivity index (χ2n) is 6.50. The van der Waals surface area contributed by atoms with Crippen molar-refractivity contribution in [3.05, 3.63) is 22.9 Å². The van der Waals surface area contributed by atoms with Gasteiger partial charge in [0.05, 0.1) is 6.61 Å². The van der Waals surface area contributed by atoms with Gasteiger partial charge in [-0.15, -0.1) is 0 Å². The van der Waals surface area contributed by atoms with E-state index in [-0.39, 0.29) is 6.61 Å². The Bertz CT molecular complexity index is 489. The average molecular weight is 289 g/mol. The van der Waals surface area contributed by atoms with Crippen molar-refractivity contribution in [3.8, 4) is 0 Å². The van der Waals surface area contributed by atoms with Gasteiger partial charge in [-0.2, -0.15) is 0 Å². The van der Waals surface area contributed by atoms with Crippen LogP contribution in [0.15, 0.2) is 6.07 Å². The molecule has 0 unspecified atom stereocenters. The summed E-state index contributed by atoms with van der Waals surface area (Å²) in [6, 6.07) is 2.88. The molecule has 4 heteroatoms. The summed E-state index contributed by atoms with van der Waals surface area (Å²) in [6.45, 7) is 8.50. The first-order valence-electron chi connectivity index (χ1n) is 8.26. The number of aliphatic hydroxyl groups excluding tert-OH is 1. The molecule has 1 aliphatic heterocycles. The number of nitrogens with zero attached hydrogens (tertiary/aromatic N) is 3. The van der Waals surface area contributed by atoms with Crippen molar-refractivity contribution in [1.82, 2.24) is 9.88 Å². The number of aliphatic hydroxyl groups is 1. The molecule has 3 rings (SSSR count). The predicted molar refractivity (Wildman–Crippen MR) is 85.7 cm³/mol. The van der Waals surface area contributed by atoms with Crippen molar-refractivity contribution < 1.29 is 5.11 Å². The number of anilines is 1. The van der Waals surface area contributed by atoms with Gasteiger partial charge >= 0.3 is 0 Å². The molecule has 2 aliphatic rings. The zero-order chi connectivity index (χ0) is 14.8. The lowest BCUT2D eigenvalue weighted by Gasteiger charge is -2.39. The first-order chi connectivity index (χ1) is 10.2. The number of piperazine rings is 1. The molecule has 0 amide bonds. The number of hydrogen-bond acceptors (Lipinski definition) is 4. The predicted octanol–water partition coefficient (Wildman–Crippen LogP) is 2.26. The van der Waals surface area contributed by atoms with Crippen LogP contribution < -0.4 is 4.90 Å². The number of pyridine rings is 1. The number of rotatable bonds is 3. The maximum absolute atomic E-state index is 9.67. The SMILES string of the molecule is Cc1cc(C)c(CO)c(N2CCN(C3CCCC3)CC2)n1. The standard InChI is InChI=1S/C17H27N3O/c1-13-11-14(2)18-17(16(13)12-21)20-9-7-19(8-10-20)15-5-3-4-6-15/h11,15,21H,3-10,12H2,1-2H3. The fourth-order valence-electron chi connectivity index (χ4n) is 3.87.